The molecule has 9 nitrogen and oxygen atoms in total. The number of phosphoric ester groups is 1. The van der Waals surface area contributed by atoms with Gasteiger partial charge in [0.25, 0.3) is 0 Å². The zero-order chi connectivity index (χ0) is 65.8. The highest BCUT2D eigenvalue weighted by molar-refractivity contribution is 7.47. The van der Waals surface area contributed by atoms with Gasteiger partial charge in [-0.15, -0.1) is 0 Å². The summed E-state index contributed by atoms with van der Waals surface area (Å²) in [5.41, 5.74) is 5.42. The molecule has 10 heteroatoms. The number of hydrogen-bond donors (Lipinski definition) is 2. The second-order valence-corrected chi connectivity index (χ2v) is 30.2. The van der Waals surface area contributed by atoms with Crippen LogP contribution in [0.15, 0.2) is 0 Å². The van der Waals surface area contributed by atoms with Gasteiger partial charge in [-0.1, -0.05) is 450 Å². The third-order valence-electron chi connectivity index (χ3n) is 19.5. The molecule has 2 atom stereocenters. The third-order valence-corrected chi connectivity index (χ3v) is 20.5. The fourth-order valence-corrected chi connectivity index (χ4v) is 14.1. The van der Waals surface area contributed by atoms with Crippen molar-refractivity contribution in [2.24, 2.45) is 5.73 Å². The standard InChI is InChI=1S/C81H162NO8P/c1-3-5-7-9-11-13-15-17-19-21-23-25-27-29-31-33-35-36-37-38-39-40-41-42-43-44-46-48-50-52-54-56-58-60-62-64-66-68-70-72-74-81(84)90-79(78-89-91(85,86)88-76-75-82)77-87-80(83)73-71-69-67-65-63-61-59-57-55-53-51-49-47-45-34-32-30-28-26-24-22-20-18-16-14-12-10-8-6-4-2/h79H,3-78,82H2,1-2H3,(H,85,86). The first-order valence-electron chi connectivity index (χ1n) is 41.5. The number of carbonyl (C=O) groups is 2. The molecule has 0 rings (SSSR count). The quantitative estimate of drug-likeness (QED) is 0.0347. The number of phosphoric acid groups is 1. The van der Waals surface area contributed by atoms with Gasteiger partial charge in [-0.25, -0.2) is 4.57 Å². The van der Waals surface area contributed by atoms with Crippen LogP contribution in [0, 0.1) is 0 Å². The molecule has 0 saturated heterocycles. The molecular formula is C81H162NO8P. The van der Waals surface area contributed by atoms with Crippen LogP contribution < -0.4 is 5.73 Å². The van der Waals surface area contributed by atoms with Gasteiger partial charge in [0.15, 0.2) is 6.10 Å². The van der Waals surface area contributed by atoms with Crippen molar-refractivity contribution in [3.05, 3.63) is 0 Å². The number of hydrogen-bond acceptors (Lipinski definition) is 8. The van der Waals surface area contributed by atoms with Crippen molar-refractivity contribution in [2.75, 3.05) is 26.4 Å². The fourth-order valence-electron chi connectivity index (χ4n) is 13.4. The summed E-state index contributed by atoms with van der Waals surface area (Å²) in [4.78, 5) is 35.5. The Kier molecular flexibility index (Phi) is 77.2. The number of ether oxygens (including phenoxy) is 2. The number of rotatable bonds is 81. The smallest absolute Gasteiger partial charge is 0.462 e. The topological polar surface area (TPSA) is 134 Å². The van der Waals surface area contributed by atoms with E-state index in [9.17, 15) is 19.0 Å². The molecule has 0 aliphatic carbocycles. The fraction of sp³-hybridized carbons (Fsp3) is 0.975. The first-order chi connectivity index (χ1) is 44.8. The lowest BCUT2D eigenvalue weighted by atomic mass is 10.0. The maximum Gasteiger partial charge on any atom is 0.472 e. The second-order valence-electron chi connectivity index (χ2n) is 28.7. The molecule has 0 aliphatic rings. The molecule has 91 heavy (non-hydrogen) atoms. The van der Waals surface area contributed by atoms with Gasteiger partial charge in [-0.05, 0) is 12.8 Å². The van der Waals surface area contributed by atoms with Crippen LogP contribution in [-0.4, -0.2) is 49.3 Å². The van der Waals surface area contributed by atoms with Crippen molar-refractivity contribution in [3.8, 4) is 0 Å². The molecule has 0 bridgehead atoms. The Hall–Kier alpha value is -0.990. The molecule has 3 N–H and O–H groups in total. The largest absolute Gasteiger partial charge is 0.472 e. The van der Waals surface area contributed by atoms with E-state index in [4.69, 9.17) is 24.3 Å². The molecule has 0 aromatic carbocycles. The van der Waals surface area contributed by atoms with Crippen LogP contribution in [0.5, 0.6) is 0 Å². The average Bonchev–Trinajstić information content (AvgIpc) is 3.74. The predicted molar refractivity (Wildman–Crippen MR) is 395 cm³/mol. The maximum absolute atomic E-state index is 12.8. The van der Waals surface area contributed by atoms with Crippen LogP contribution in [-0.2, 0) is 32.7 Å². The van der Waals surface area contributed by atoms with Crippen LogP contribution >= 0.6 is 7.82 Å². The van der Waals surface area contributed by atoms with E-state index in [0.29, 0.717) is 12.8 Å². The molecule has 0 spiro atoms. The van der Waals surface area contributed by atoms with Gasteiger partial charge in [-0.2, -0.15) is 0 Å². The van der Waals surface area contributed by atoms with Crippen molar-refractivity contribution in [3.63, 3.8) is 0 Å². The van der Waals surface area contributed by atoms with Gasteiger partial charge in [0, 0.05) is 19.4 Å². The highest BCUT2D eigenvalue weighted by Crippen LogP contribution is 2.43. The van der Waals surface area contributed by atoms with Gasteiger partial charge in [0.1, 0.15) is 6.61 Å². The van der Waals surface area contributed by atoms with E-state index in [-0.39, 0.29) is 32.1 Å². The molecule has 0 aromatic rings. The molecule has 0 radical (unpaired) electrons. The van der Waals surface area contributed by atoms with Crippen LogP contribution in [0.4, 0.5) is 0 Å². The Labute approximate surface area is 568 Å². The van der Waals surface area contributed by atoms with Gasteiger partial charge in [-0.3, -0.25) is 18.6 Å². The van der Waals surface area contributed by atoms with Crippen LogP contribution in [0.2, 0.25) is 0 Å². The van der Waals surface area contributed by atoms with Crippen molar-refractivity contribution in [1.82, 2.24) is 0 Å². The minimum absolute atomic E-state index is 0.0590. The molecule has 0 aliphatic heterocycles. The lowest BCUT2D eigenvalue weighted by molar-refractivity contribution is -0.161. The molecule has 544 valence electrons. The Morgan fingerprint density at radius 1 is 0.286 bits per heavy atom. The van der Waals surface area contributed by atoms with E-state index >= 15 is 0 Å². The van der Waals surface area contributed by atoms with Crippen molar-refractivity contribution in [2.45, 2.75) is 482 Å². The normalized spacial score (nSPS) is 12.7. The molecule has 0 amide bonds. The van der Waals surface area contributed by atoms with Gasteiger partial charge >= 0.3 is 19.8 Å². The van der Waals surface area contributed by atoms with E-state index in [1.165, 1.54) is 411 Å². The van der Waals surface area contributed by atoms with Crippen molar-refractivity contribution in [1.29, 1.82) is 0 Å². The lowest BCUT2D eigenvalue weighted by Crippen LogP contribution is -2.29. The first kappa shape index (κ1) is 90.0. The first-order valence-corrected chi connectivity index (χ1v) is 43.0. The molecule has 0 fully saturated rings. The van der Waals surface area contributed by atoms with Crippen molar-refractivity contribution < 1.29 is 37.6 Å². The monoisotopic (exact) mass is 1310 g/mol. The Bertz CT molecular complexity index is 1450. The van der Waals surface area contributed by atoms with Crippen LogP contribution in [0.1, 0.15) is 476 Å². The molecule has 0 heterocycles. The lowest BCUT2D eigenvalue weighted by Gasteiger charge is -2.19. The Balaban J connectivity index is 3.69. The van der Waals surface area contributed by atoms with Gasteiger partial charge in [0.2, 0.25) is 0 Å². The van der Waals surface area contributed by atoms with E-state index in [1.54, 1.807) is 0 Å². The number of carbonyl (C=O) groups excluding carboxylic acids is 2. The van der Waals surface area contributed by atoms with E-state index in [2.05, 4.69) is 13.8 Å². The molecule has 2 unspecified atom stereocenters. The second kappa shape index (κ2) is 78.0. The summed E-state index contributed by atoms with van der Waals surface area (Å²) in [6.07, 6.45) is 95.6. The zero-order valence-electron chi connectivity index (χ0n) is 61.6. The summed E-state index contributed by atoms with van der Waals surface area (Å²) >= 11 is 0. The minimum atomic E-state index is -4.39. The average molecular weight is 1310 g/mol. The minimum Gasteiger partial charge on any atom is -0.462 e. The van der Waals surface area contributed by atoms with Crippen LogP contribution in [0.25, 0.3) is 0 Å². The third kappa shape index (κ3) is 77.9. The van der Waals surface area contributed by atoms with Crippen LogP contribution in [0.3, 0.4) is 0 Å². The Morgan fingerprint density at radius 2 is 0.473 bits per heavy atom. The van der Waals surface area contributed by atoms with E-state index in [0.717, 1.165) is 32.1 Å². The van der Waals surface area contributed by atoms with Gasteiger partial charge < -0.3 is 20.1 Å². The summed E-state index contributed by atoms with van der Waals surface area (Å²) in [6.45, 7) is 3.86. The molecule has 0 saturated carbocycles. The van der Waals surface area contributed by atoms with E-state index in [1.807, 2.05) is 0 Å². The SMILES string of the molecule is CCCCCCCCCCCCCCCCCCCCCCCCCCCCCCCCCCCCCCCCCCC(=O)OC(COC(=O)CCCCCCCCCCCCCCCCCCCCCCCCCCCCCCCC)COP(=O)(O)OCCN. The number of esters is 2. The highest BCUT2D eigenvalue weighted by atomic mass is 31.2. The Morgan fingerprint density at radius 3 is 0.670 bits per heavy atom. The van der Waals surface area contributed by atoms with Gasteiger partial charge in [0.05, 0.1) is 13.2 Å². The summed E-state index contributed by atoms with van der Waals surface area (Å²) in [5, 5.41) is 0. The maximum atomic E-state index is 12.8. The summed E-state index contributed by atoms with van der Waals surface area (Å²) in [6, 6.07) is 0. The van der Waals surface area contributed by atoms with E-state index < -0.39 is 26.5 Å². The summed E-state index contributed by atoms with van der Waals surface area (Å²) < 4.78 is 33.3. The zero-order valence-corrected chi connectivity index (χ0v) is 62.5. The predicted octanol–water partition coefficient (Wildman–Crippen LogP) is 27.7. The number of unbranched alkanes of at least 4 members (excludes halogenated alkanes) is 68. The van der Waals surface area contributed by atoms with Crippen molar-refractivity contribution >= 4 is 19.8 Å². The summed E-state index contributed by atoms with van der Waals surface area (Å²) in [5.74, 6) is -0.794. The molecule has 0 aromatic heterocycles. The molecular weight excluding hydrogens is 1150 g/mol. The summed E-state index contributed by atoms with van der Waals surface area (Å²) in [7, 11) is -4.39. The highest BCUT2D eigenvalue weighted by Gasteiger charge is 2.26. The number of nitrogens with two attached hydrogens (primary N) is 1.